The van der Waals surface area contributed by atoms with E-state index in [9.17, 15) is 4.39 Å². The predicted molar refractivity (Wildman–Crippen MR) is 52.4 cm³/mol. The first-order chi connectivity index (χ1) is 7.29. The molecule has 1 heterocycles. The standard InChI is InChI=1S/C10H9FN4/c1-2-9-12-14-10(15-13-9)7-3-5-8(11)6-4-7/h3-6H,2H2,1H3. The minimum Gasteiger partial charge on any atom is -0.207 e. The third kappa shape index (κ3) is 2.12. The van der Waals surface area contributed by atoms with Crippen molar-refractivity contribution in [2.75, 3.05) is 0 Å². The van der Waals surface area contributed by atoms with Gasteiger partial charge in [-0.25, -0.2) is 4.39 Å². The lowest BCUT2D eigenvalue weighted by Gasteiger charge is -1.98. The highest BCUT2D eigenvalue weighted by atomic mass is 19.1. The maximum absolute atomic E-state index is 12.6. The summed E-state index contributed by atoms with van der Waals surface area (Å²) < 4.78 is 12.6. The molecule has 1 aromatic carbocycles. The van der Waals surface area contributed by atoms with Crippen LogP contribution in [0.3, 0.4) is 0 Å². The molecule has 0 N–H and O–H groups in total. The number of aromatic nitrogens is 4. The fourth-order valence-electron chi connectivity index (χ4n) is 1.11. The van der Waals surface area contributed by atoms with Crippen LogP contribution in [0.5, 0.6) is 0 Å². The van der Waals surface area contributed by atoms with Crippen molar-refractivity contribution in [2.45, 2.75) is 13.3 Å². The number of aryl methyl sites for hydroxylation is 1. The van der Waals surface area contributed by atoms with Gasteiger partial charge in [-0.2, -0.15) is 0 Å². The maximum atomic E-state index is 12.6. The molecule has 0 aliphatic rings. The largest absolute Gasteiger partial charge is 0.207 e. The summed E-state index contributed by atoms with van der Waals surface area (Å²) in [5.74, 6) is 0.720. The van der Waals surface area contributed by atoms with Crippen LogP contribution in [0.4, 0.5) is 4.39 Å². The summed E-state index contributed by atoms with van der Waals surface area (Å²) in [5, 5.41) is 15.6. The summed E-state index contributed by atoms with van der Waals surface area (Å²) in [6.45, 7) is 1.93. The molecule has 0 amide bonds. The van der Waals surface area contributed by atoms with Crippen molar-refractivity contribution < 1.29 is 4.39 Å². The Hall–Kier alpha value is -1.91. The molecule has 0 fully saturated rings. The highest BCUT2D eigenvalue weighted by Crippen LogP contribution is 2.12. The van der Waals surface area contributed by atoms with Crippen LogP contribution in [-0.4, -0.2) is 20.4 Å². The fraction of sp³-hybridized carbons (Fsp3) is 0.200. The van der Waals surface area contributed by atoms with Gasteiger partial charge in [0.05, 0.1) is 0 Å². The van der Waals surface area contributed by atoms with Gasteiger partial charge in [0, 0.05) is 12.0 Å². The Bertz CT molecular complexity index is 438. The zero-order valence-corrected chi connectivity index (χ0v) is 8.18. The van der Waals surface area contributed by atoms with Crippen molar-refractivity contribution in [2.24, 2.45) is 0 Å². The van der Waals surface area contributed by atoms with E-state index in [4.69, 9.17) is 0 Å². The third-order valence-corrected chi connectivity index (χ3v) is 1.94. The molecule has 0 saturated heterocycles. The van der Waals surface area contributed by atoms with Gasteiger partial charge in [0.15, 0.2) is 5.82 Å². The molecule has 0 bridgehead atoms. The van der Waals surface area contributed by atoms with E-state index < -0.39 is 0 Å². The molecule has 0 spiro atoms. The summed E-state index contributed by atoms with van der Waals surface area (Å²) >= 11 is 0. The van der Waals surface area contributed by atoms with E-state index in [0.717, 1.165) is 0 Å². The van der Waals surface area contributed by atoms with Gasteiger partial charge >= 0.3 is 0 Å². The molecular weight excluding hydrogens is 195 g/mol. The smallest absolute Gasteiger partial charge is 0.203 e. The van der Waals surface area contributed by atoms with Crippen LogP contribution in [0.2, 0.25) is 0 Å². The van der Waals surface area contributed by atoms with Gasteiger partial charge in [0.1, 0.15) is 5.82 Å². The van der Waals surface area contributed by atoms with Gasteiger partial charge in [-0.3, -0.25) is 0 Å². The summed E-state index contributed by atoms with van der Waals surface area (Å²) in [6.07, 6.45) is 0.698. The Morgan fingerprint density at radius 2 is 1.60 bits per heavy atom. The van der Waals surface area contributed by atoms with Gasteiger partial charge in [0.2, 0.25) is 5.82 Å². The van der Waals surface area contributed by atoms with E-state index >= 15 is 0 Å². The lowest BCUT2D eigenvalue weighted by molar-refractivity contribution is 0.628. The van der Waals surface area contributed by atoms with Gasteiger partial charge in [0.25, 0.3) is 0 Å². The van der Waals surface area contributed by atoms with Gasteiger partial charge in [-0.15, -0.1) is 20.4 Å². The van der Waals surface area contributed by atoms with Crippen molar-refractivity contribution >= 4 is 0 Å². The Morgan fingerprint density at radius 1 is 1.00 bits per heavy atom. The average Bonchev–Trinajstić information content (AvgIpc) is 2.30. The second-order valence-corrected chi connectivity index (χ2v) is 3.00. The van der Waals surface area contributed by atoms with Crippen molar-refractivity contribution in [3.05, 3.63) is 35.9 Å². The molecule has 0 saturated carbocycles. The summed E-state index contributed by atoms with van der Waals surface area (Å²) in [6, 6.07) is 5.90. The highest BCUT2D eigenvalue weighted by Gasteiger charge is 2.03. The molecule has 0 radical (unpaired) electrons. The van der Waals surface area contributed by atoms with E-state index in [1.54, 1.807) is 12.1 Å². The lowest BCUT2D eigenvalue weighted by atomic mass is 10.2. The lowest BCUT2D eigenvalue weighted by Crippen LogP contribution is -2.01. The molecule has 2 aromatic rings. The number of hydrogen-bond donors (Lipinski definition) is 0. The summed E-state index contributed by atoms with van der Waals surface area (Å²) in [7, 11) is 0. The average molecular weight is 204 g/mol. The van der Waals surface area contributed by atoms with E-state index in [0.29, 0.717) is 23.6 Å². The normalized spacial score (nSPS) is 10.3. The third-order valence-electron chi connectivity index (χ3n) is 1.94. The van der Waals surface area contributed by atoms with Crippen LogP contribution in [0.1, 0.15) is 12.7 Å². The summed E-state index contributed by atoms with van der Waals surface area (Å²) in [4.78, 5) is 0. The Labute approximate surface area is 86.2 Å². The Morgan fingerprint density at radius 3 is 2.13 bits per heavy atom. The molecule has 0 atom stereocenters. The molecule has 76 valence electrons. The molecular formula is C10H9FN4. The SMILES string of the molecule is CCc1nnc(-c2ccc(F)cc2)nn1. The zero-order valence-electron chi connectivity index (χ0n) is 8.18. The number of nitrogens with zero attached hydrogens (tertiary/aromatic N) is 4. The Balaban J connectivity index is 2.33. The molecule has 0 unspecified atom stereocenters. The molecule has 5 heteroatoms. The van der Waals surface area contributed by atoms with Crippen molar-refractivity contribution in [1.82, 2.24) is 20.4 Å². The molecule has 2 rings (SSSR count). The molecule has 1 aromatic heterocycles. The topological polar surface area (TPSA) is 51.6 Å². The van der Waals surface area contributed by atoms with E-state index in [1.165, 1.54) is 12.1 Å². The number of rotatable bonds is 2. The van der Waals surface area contributed by atoms with Crippen LogP contribution in [-0.2, 0) is 6.42 Å². The molecule has 15 heavy (non-hydrogen) atoms. The van der Waals surface area contributed by atoms with Crippen molar-refractivity contribution in [3.8, 4) is 11.4 Å². The molecule has 0 aliphatic heterocycles. The van der Waals surface area contributed by atoms with Gasteiger partial charge < -0.3 is 0 Å². The molecule has 4 nitrogen and oxygen atoms in total. The van der Waals surface area contributed by atoms with Gasteiger partial charge in [-0.1, -0.05) is 6.92 Å². The number of halogens is 1. The van der Waals surface area contributed by atoms with Crippen LogP contribution < -0.4 is 0 Å². The number of benzene rings is 1. The monoisotopic (exact) mass is 204 g/mol. The van der Waals surface area contributed by atoms with Crippen LogP contribution in [0.15, 0.2) is 24.3 Å². The van der Waals surface area contributed by atoms with Crippen molar-refractivity contribution in [3.63, 3.8) is 0 Å². The predicted octanol–water partition coefficient (Wildman–Crippen LogP) is 1.64. The first-order valence-electron chi connectivity index (χ1n) is 4.62. The second-order valence-electron chi connectivity index (χ2n) is 3.00. The van der Waals surface area contributed by atoms with E-state index in [1.807, 2.05) is 6.92 Å². The zero-order chi connectivity index (χ0) is 10.7. The van der Waals surface area contributed by atoms with Crippen LogP contribution in [0.25, 0.3) is 11.4 Å². The van der Waals surface area contributed by atoms with Crippen LogP contribution >= 0.6 is 0 Å². The second kappa shape index (κ2) is 4.08. The van der Waals surface area contributed by atoms with Gasteiger partial charge in [-0.05, 0) is 24.3 Å². The van der Waals surface area contributed by atoms with Crippen LogP contribution in [0, 0.1) is 5.82 Å². The van der Waals surface area contributed by atoms with E-state index in [-0.39, 0.29) is 5.82 Å². The summed E-state index contributed by atoms with van der Waals surface area (Å²) in [5.41, 5.74) is 0.707. The fourth-order valence-corrected chi connectivity index (χ4v) is 1.11. The minimum absolute atomic E-state index is 0.287. The quantitative estimate of drug-likeness (QED) is 0.746. The van der Waals surface area contributed by atoms with Crippen molar-refractivity contribution in [1.29, 1.82) is 0 Å². The van der Waals surface area contributed by atoms with E-state index in [2.05, 4.69) is 20.4 Å². The first kappa shape index (κ1) is 9.64. The number of hydrogen-bond acceptors (Lipinski definition) is 4. The maximum Gasteiger partial charge on any atom is 0.203 e. The molecule has 0 aliphatic carbocycles. The minimum atomic E-state index is -0.287. The highest BCUT2D eigenvalue weighted by molar-refractivity contribution is 5.53. The first-order valence-corrected chi connectivity index (χ1v) is 4.62. The Kier molecular flexibility index (Phi) is 2.62.